The molecule has 0 amide bonds. The zero-order chi connectivity index (χ0) is 20.1. The molecule has 0 rings (SSSR count). The van der Waals surface area contributed by atoms with Gasteiger partial charge in [-0.2, -0.15) is 0 Å². The molecular weight excluding hydrogens is 320 g/mol. The van der Waals surface area contributed by atoms with E-state index in [1.165, 1.54) is 96.3 Å². The predicted octanol–water partition coefficient (Wildman–Crippen LogP) is 8.39. The van der Waals surface area contributed by atoms with E-state index in [1.807, 2.05) is 20.8 Å². The molecule has 0 aromatic carbocycles. The summed E-state index contributed by atoms with van der Waals surface area (Å²) < 4.78 is 4.83. The lowest BCUT2D eigenvalue weighted by molar-refractivity contribution is -0.148. The number of esters is 1. The molecule has 0 spiro atoms. The standard InChI is InChI=1S/C17H36.C7H12O2/c1-3-5-7-9-11-13-15-17-16-14-12-10-8-6-4-2;1-5-6(8)9-7(2,3)4/h3-17H2,1-2H3;5H,1H2,2-4H3. The molecule has 0 aromatic heterocycles. The second kappa shape index (κ2) is 20.5. The number of carbonyl (C=O) groups excluding carboxylic acids is 1. The van der Waals surface area contributed by atoms with Crippen molar-refractivity contribution in [2.24, 2.45) is 0 Å². The van der Waals surface area contributed by atoms with Crippen LogP contribution in [0.15, 0.2) is 12.7 Å². The van der Waals surface area contributed by atoms with E-state index < -0.39 is 5.60 Å². The third-order valence-electron chi connectivity index (χ3n) is 4.28. The van der Waals surface area contributed by atoms with Crippen molar-refractivity contribution in [3.63, 3.8) is 0 Å². The smallest absolute Gasteiger partial charge is 0.330 e. The van der Waals surface area contributed by atoms with Crippen LogP contribution in [0, 0.1) is 0 Å². The van der Waals surface area contributed by atoms with E-state index in [0.717, 1.165) is 6.08 Å². The lowest BCUT2D eigenvalue weighted by Gasteiger charge is -2.17. The van der Waals surface area contributed by atoms with Crippen molar-refractivity contribution in [2.75, 3.05) is 0 Å². The average molecular weight is 369 g/mol. The van der Waals surface area contributed by atoms with E-state index in [4.69, 9.17) is 4.74 Å². The average Bonchev–Trinajstić information content (AvgIpc) is 2.58. The third kappa shape index (κ3) is 28.0. The van der Waals surface area contributed by atoms with Crippen LogP contribution in [0.2, 0.25) is 0 Å². The van der Waals surface area contributed by atoms with Gasteiger partial charge in [0.1, 0.15) is 5.60 Å². The highest BCUT2D eigenvalue weighted by atomic mass is 16.6. The van der Waals surface area contributed by atoms with Crippen molar-refractivity contribution >= 4 is 5.97 Å². The van der Waals surface area contributed by atoms with Crippen molar-refractivity contribution in [1.82, 2.24) is 0 Å². The van der Waals surface area contributed by atoms with Gasteiger partial charge in [0.05, 0.1) is 0 Å². The Morgan fingerprint density at radius 1 is 0.692 bits per heavy atom. The summed E-state index contributed by atoms with van der Waals surface area (Å²) in [5.41, 5.74) is -0.398. The molecule has 0 unspecified atom stereocenters. The first-order valence-electron chi connectivity index (χ1n) is 11.2. The Bertz CT molecular complexity index is 288. The van der Waals surface area contributed by atoms with Crippen LogP contribution in [-0.4, -0.2) is 11.6 Å². The summed E-state index contributed by atoms with van der Waals surface area (Å²) in [5, 5.41) is 0. The maximum absolute atomic E-state index is 10.5. The normalized spacial score (nSPS) is 10.8. The molecule has 2 heteroatoms. The van der Waals surface area contributed by atoms with Crippen LogP contribution in [0.4, 0.5) is 0 Å². The number of rotatable bonds is 15. The molecule has 0 aliphatic rings. The second-order valence-electron chi connectivity index (χ2n) is 8.33. The highest BCUT2D eigenvalue weighted by Gasteiger charge is 2.12. The number of ether oxygens (including phenoxy) is 1. The fraction of sp³-hybridized carbons (Fsp3) is 0.875. The van der Waals surface area contributed by atoms with Crippen LogP contribution in [0.25, 0.3) is 0 Å². The van der Waals surface area contributed by atoms with E-state index in [1.54, 1.807) is 0 Å². The molecule has 0 aliphatic heterocycles. The number of hydrogen-bond acceptors (Lipinski definition) is 2. The summed E-state index contributed by atoms with van der Waals surface area (Å²) in [6, 6.07) is 0. The third-order valence-corrected chi connectivity index (χ3v) is 4.28. The van der Waals surface area contributed by atoms with Crippen LogP contribution in [0.1, 0.15) is 131 Å². The van der Waals surface area contributed by atoms with E-state index in [-0.39, 0.29) is 5.97 Å². The molecule has 0 aliphatic carbocycles. The second-order valence-corrected chi connectivity index (χ2v) is 8.33. The molecule has 0 heterocycles. The zero-order valence-electron chi connectivity index (χ0n) is 18.7. The lowest BCUT2D eigenvalue weighted by Crippen LogP contribution is -2.22. The van der Waals surface area contributed by atoms with Crippen LogP contribution in [0.5, 0.6) is 0 Å². The van der Waals surface area contributed by atoms with Crippen LogP contribution >= 0.6 is 0 Å². The summed E-state index contributed by atoms with van der Waals surface area (Å²) in [5.74, 6) is -0.373. The Kier molecular flexibility index (Phi) is 21.6. The molecule has 0 atom stereocenters. The van der Waals surface area contributed by atoms with Gasteiger partial charge in [0, 0.05) is 6.08 Å². The SMILES string of the molecule is C=CC(=O)OC(C)(C)C.CCCCCCCCCCCCCCCCC. The molecule has 0 bridgehead atoms. The van der Waals surface area contributed by atoms with Crippen molar-refractivity contribution in [3.05, 3.63) is 12.7 Å². The van der Waals surface area contributed by atoms with Crippen molar-refractivity contribution < 1.29 is 9.53 Å². The molecule has 0 radical (unpaired) electrons. The van der Waals surface area contributed by atoms with Gasteiger partial charge in [-0.25, -0.2) is 4.79 Å². The molecular formula is C24H48O2. The number of carbonyl (C=O) groups is 1. The zero-order valence-corrected chi connectivity index (χ0v) is 18.7. The fourth-order valence-electron chi connectivity index (χ4n) is 2.79. The van der Waals surface area contributed by atoms with Crippen molar-refractivity contribution in [2.45, 2.75) is 137 Å². The molecule has 0 saturated carbocycles. The molecule has 0 fully saturated rings. The highest BCUT2D eigenvalue weighted by molar-refractivity contribution is 5.81. The maximum Gasteiger partial charge on any atom is 0.330 e. The Balaban J connectivity index is 0. The summed E-state index contributed by atoms with van der Waals surface area (Å²) >= 11 is 0. The van der Waals surface area contributed by atoms with Gasteiger partial charge in [0.25, 0.3) is 0 Å². The molecule has 2 nitrogen and oxygen atoms in total. The molecule has 0 N–H and O–H groups in total. The monoisotopic (exact) mass is 368 g/mol. The first-order chi connectivity index (χ1) is 12.4. The largest absolute Gasteiger partial charge is 0.457 e. The first kappa shape index (κ1) is 27.4. The minimum absolute atomic E-state index is 0.373. The summed E-state index contributed by atoms with van der Waals surface area (Å²) in [6.45, 7) is 13.3. The van der Waals surface area contributed by atoms with E-state index in [0.29, 0.717) is 0 Å². The van der Waals surface area contributed by atoms with Crippen LogP contribution < -0.4 is 0 Å². The minimum Gasteiger partial charge on any atom is -0.457 e. The van der Waals surface area contributed by atoms with E-state index in [9.17, 15) is 4.79 Å². The van der Waals surface area contributed by atoms with Gasteiger partial charge < -0.3 is 4.74 Å². The van der Waals surface area contributed by atoms with Gasteiger partial charge in [-0.05, 0) is 20.8 Å². The number of hydrogen-bond donors (Lipinski definition) is 0. The molecule has 26 heavy (non-hydrogen) atoms. The highest BCUT2D eigenvalue weighted by Crippen LogP contribution is 2.13. The molecule has 0 saturated heterocycles. The van der Waals surface area contributed by atoms with Gasteiger partial charge in [-0.3, -0.25) is 0 Å². The fourth-order valence-corrected chi connectivity index (χ4v) is 2.79. The topological polar surface area (TPSA) is 26.3 Å². The van der Waals surface area contributed by atoms with E-state index in [2.05, 4.69) is 20.4 Å². The summed E-state index contributed by atoms with van der Waals surface area (Å²) in [4.78, 5) is 10.5. The Morgan fingerprint density at radius 3 is 1.12 bits per heavy atom. The van der Waals surface area contributed by atoms with Crippen LogP contribution in [-0.2, 0) is 9.53 Å². The minimum atomic E-state index is -0.398. The Labute approximate surface area is 165 Å². The van der Waals surface area contributed by atoms with Crippen LogP contribution in [0.3, 0.4) is 0 Å². The van der Waals surface area contributed by atoms with Gasteiger partial charge in [-0.15, -0.1) is 0 Å². The molecule has 0 aromatic rings. The van der Waals surface area contributed by atoms with Gasteiger partial charge in [-0.1, -0.05) is 117 Å². The Hall–Kier alpha value is -0.790. The lowest BCUT2D eigenvalue weighted by atomic mass is 10.0. The van der Waals surface area contributed by atoms with Gasteiger partial charge >= 0.3 is 5.97 Å². The van der Waals surface area contributed by atoms with Crippen molar-refractivity contribution in [3.8, 4) is 0 Å². The predicted molar refractivity (Wildman–Crippen MR) is 117 cm³/mol. The molecule has 156 valence electrons. The summed E-state index contributed by atoms with van der Waals surface area (Å²) in [6.07, 6.45) is 23.1. The number of unbranched alkanes of at least 4 members (excludes halogenated alkanes) is 14. The first-order valence-corrected chi connectivity index (χ1v) is 11.2. The Morgan fingerprint density at radius 2 is 0.962 bits per heavy atom. The quantitative estimate of drug-likeness (QED) is 0.165. The maximum atomic E-state index is 10.5. The summed E-state index contributed by atoms with van der Waals surface area (Å²) in [7, 11) is 0. The van der Waals surface area contributed by atoms with Gasteiger partial charge in [0.2, 0.25) is 0 Å². The van der Waals surface area contributed by atoms with E-state index >= 15 is 0 Å². The van der Waals surface area contributed by atoms with Gasteiger partial charge in [0.15, 0.2) is 0 Å². The van der Waals surface area contributed by atoms with Crippen molar-refractivity contribution in [1.29, 1.82) is 0 Å².